The van der Waals surface area contributed by atoms with E-state index in [1.807, 2.05) is 61.5 Å². The van der Waals surface area contributed by atoms with Crippen LogP contribution in [-0.4, -0.2) is 25.3 Å². The Hall–Kier alpha value is -1.15. The van der Waals surface area contributed by atoms with Crippen LogP contribution in [0.15, 0.2) is 64.2 Å². The van der Waals surface area contributed by atoms with Gasteiger partial charge in [0, 0.05) is 21.3 Å². The van der Waals surface area contributed by atoms with Gasteiger partial charge in [0.25, 0.3) is 0 Å². The van der Waals surface area contributed by atoms with Gasteiger partial charge in [-0.2, -0.15) is 5.10 Å². The van der Waals surface area contributed by atoms with Crippen LogP contribution in [0.1, 0.15) is 16.9 Å². The van der Waals surface area contributed by atoms with E-state index in [-0.39, 0.29) is 6.42 Å². The molecule has 3 aromatic rings. The predicted molar refractivity (Wildman–Crippen MR) is 125 cm³/mol. The molecule has 0 radical (unpaired) electrons. The van der Waals surface area contributed by atoms with Crippen LogP contribution in [0, 0.1) is 6.92 Å². The molecule has 0 spiro atoms. The van der Waals surface area contributed by atoms with E-state index in [0.717, 1.165) is 26.2 Å². The summed E-state index contributed by atoms with van der Waals surface area (Å²) in [6, 6.07) is 17.4. The number of halogens is 4. The van der Waals surface area contributed by atoms with E-state index < -0.39 is 9.52 Å². The summed E-state index contributed by atoms with van der Waals surface area (Å²) in [5, 5.41) is 17.7. The van der Waals surface area contributed by atoms with Gasteiger partial charge in [-0.3, -0.25) is 0 Å². The molecule has 150 valence electrons. The number of hydrogen-bond donors (Lipinski definition) is 1. The molecule has 1 aliphatic rings. The second-order valence-electron chi connectivity index (χ2n) is 6.62. The van der Waals surface area contributed by atoms with Gasteiger partial charge in [-0.1, -0.05) is 105 Å². The van der Waals surface area contributed by atoms with Gasteiger partial charge in [-0.05, 0) is 24.6 Å². The van der Waals surface area contributed by atoms with Crippen LogP contribution in [-0.2, 0) is 0 Å². The summed E-state index contributed by atoms with van der Waals surface area (Å²) in [6.45, 7) is 1.96. The lowest BCUT2D eigenvalue weighted by Crippen LogP contribution is -2.53. The van der Waals surface area contributed by atoms with Crippen molar-refractivity contribution in [3.8, 4) is 11.3 Å². The second-order valence-corrected chi connectivity index (χ2v) is 11.0. The van der Waals surface area contributed by atoms with Gasteiger partial charge in [-0.15, -0.1) is 0 Å². The molecule has 1 atom stereocenters. The largest absolute Gasteiger partial charge is 0.365 e. The Morgan fingerprint density at radius 1 is 1.07 bits per heavy atom. The molecule has 1 N–H and O–H groups in total. The van der Waals surface area contributed by atoms with Crippen LogP contribution >= 0.6 is 62.1 Å². The standard InChI is InChI=1S/C20H15BrCl3N3OS/c1-12-17(14-7-9-15(21)10-8-14)25-18(29-12)27-19(28,20(22,23)24)11-16(26-27)13-5-3-2-4-6-13/h2-10,28H,11H2,1H3. The molecular weight excluding hydrogens is 517 g/mol. The lowest BCUT2D eigenvalue weighted by atomic mass is 10.0. The fourth-order valence-corrected chi connectivity index (χ4v) is 4.76. The molecule has 2 heterocycles. The van der Waals surface area contributed by atoms with E-state index in [4.69, 9.17) is 39.8 Å². The van der Waals surface area contributed by atoms with Gasteiger partial charge in [0.1, 0.15) is 0 Å². The van der Waals surface area contributed by atoms with Crippen molar-refractivity contribution >= 4 is 72.9 Å². The Morgan fingerprint density at radius 2 is 1.72 bits per heavy atom. The minimum absolute atomic E-state index is 0.0553. The fourth-order valence-electron chi connectivity index (χ4n) is 3.11. The Balaban J connectivity index is 1.79. The molecule has 0 saturated carbocycles. The Bertz CT molecular complexity index is 1070. The van der Waals surface area contributed by atoms with Crippen LogP contribution in [0.25, 0.3) is 11.3 Å². The lowest BCUT2D eigenvalue weighted by molar-refractivity contribution is 0.0564. The van der Waals surface area contributed by atoms with Crippen molar-refractivity contribution in [2.24, 2.45) is 5.10 Å². The summed E-state index contributed by atoms with van der Waals surface area (Å²) in [5.41, 5.74) is 1.37. The second kappa shape index (κ2) is 7.84. The molecule has 9 heteroatoms. The van der Waals surface area contributed by atoms with E-state index in [1.54, 1.807) is 0 Å². The molecule has 4 rings (SSSR count). The third-order valence-corrected chi connectivity index (χ3v) is 7.01. The highest BCUT2D eigenvalue weighted by Gasteiger charge is 2.57. The van der Waals surface area contributed by atoms with Crippen molar-refractivity contribution in [1.29, 1.82) is 0 Å². The topological polar surface area (TPSA) is 48.7 Å². The molecule has 1 aromatic heterocycles. The molecule has 0 bridgehead atoms. The van der Waals surface area contributed by atoms with Gasteiger partial charge in [0.2, 0.25) is 14.6 Å². The first kappa shape index (κ1) is 21.1. The zero-order valence-corrected chi connectivity index (χ0v) is 19.8. The maximum Gasteiger partial charge on any atom is 0.239 e. The van der Waals surface area contributed by atoms with Crippen molar-refractivity contribution in [3.63, 3.8) is 0 Å². The average molecular weight is 532 g/mol. The quantitative estimate of drug-likeness (QED) is 0.390. The fraction of sp³-hybridized carbons (Fsp3) is 0.200. The van der Waals surface area contributed by atoms with E-state index in [9.17, 15) is 5.11 Å². The van der Waals surface area contributed by atoms with Crippen LogP contribution in [0.4, 0.5) is 5.13 Å². The number of rotatable bonds is 3. The summed E-state index contributed by atoms with van der Waals surface area (Å²) >= 11 is 23.4. The number of aliphatic hydroxyl groups is 1. The van der Waals surface area contributed by atoms with Gasteiger partial charge < -0.3 is 5.11 Å². The molecule has 0 amide bonds. The lowest BCUT2D eigenvalue weighted by Gasteiger charge is -2.36. The number of hydrogen-bond acceptors (Lipinski definition) is 5. The number of alkyl halides is 3. The number of aromatic nitrogens is 1. The minimum Gasteiger partial charge on any atom is -0.365 e. The highest BCUT2D eigenvalue weighted by atomic mass is 79.9. The summed E-state index contributed by atoms with van der Waals surface area (Å²) in [5.74, 6) is 0. The molecule has 0 saturated heterocycles. The van der Waals surface area contributed by atoms with E-state index >= 15 is 0 Å². The van der Waals surface area contributed by atoms with Crippen LogP contribution in [0.3, 0.4) is 0 Å². The molecule has 0 aliphatic carbocycles. The monoisotopic (exact) mass is 529 g/mol. The maximum atomic E-state index is 11.4. The molecule has 1 aliphatic heterocycles. The normalized spacial score (nSPS) is 19.5. The van der Waals surface area contributed by atoms with Crippen molar-refractivity contribution in [3.05, 3.63) is 69.5 Å². The van der Waals surface area contributed by atoms with Gasteiger partial charge >= 0.3 is 0 Å². The molecular formula is C20H15BrCl3N3OS. The maximum absolute atomic E-state index is 11.4. The number of nitrogens with zero attached hydrogens (tertiary/aromatic N) is 3. The highest BCUT2D eigenvalue weighted by Crippen LogP contribution is 2.49. The molecule has 0 fully saturated rings. The number of thiazole rings is 1. The minimum atomic E-state index is -2.00. The first-order valence-electron chi connectivity index (χ1n) is 8.64. The molecule has 2 aromatic carbocycles. The molecule has 4 nitrogen and oxygen atoms in total. The third kappa shape index (κ3) is 3.94. The molecule has 1 unspecified atom stereocenters. The predicted octanol–water partition coefficient (Wildman–Crippen LogP) is 6.55. The zero-order valence-electron chi connectivity index (χ0n) is 15.1. The zero-order chi connectivity index (χ0) is 20.8. The first-order valence-corrected chi connectivity index (χ1v) is 11.4. The van der Waals surface area contributed by atoms with Gasteiger partial charge in [0.15, 0.2) is 0 Å². The molecule has 29 heavy (non-hydrogen) atoms. The summed E-state index contributed by atoms with van der Waals surface area (Å²) < 4.78 is -1.01. The average Bonchev–Trinajstić information content (AvgIpc) is 3.24. The Morgan fingerprint density at radius 3 is 2.34 bits per heavy atom. The van der Waals surface area contributed by atoms with Gasteiger partial charge in [-0.25, -0.2) is 9.99 Å². The number of hydrazone groups is 1. The van der Waals surface area contributed by atoms with E-state index in [1.165, 1.54) is 16.3 Å². The Kier molecular flexibility index (Phi) is 5.70. The van der Waals surface area contributed by atoms with Crippen molar-refractivity contribution in [2.45, 2.75) is 22.9 Å². The first-order chi connectivity index (χ1) is 13.7. The summed E-state index contributed by atoms with van der Waals surface area (Å²) in [7, 11) is 0. The van der Waals surface area contributed by atoms with Crippen molar-refractivity contribution < 1.29 is 5.11 Å². The highest BCUT2D eigenvalue weighted by molar-refractivity contribution is 9.10. The number of benzene rings is 2. The SMILES string of the molecule is Cc1sc(N2N=C(c3ccccc3)CC2(O)C(Cl)(Cl)Cl)nc1-c1ccc(Br)cc1. The van der Waals surface area contributed by atoms with Gasteiger partial charge in [0.05, 0.1) is 11.4 Å². The van der Waals surface area contributed by atoms with E-state index in [0.29, 0.717) is 10.8 Å². The van der Waals surface area contributed by atoms with Crippen molar-refractivity contribution in [2.75, 3.05) is 5.01 Å². The Labute approximate surface area is 195 Å². The van der Waals surface area contributed by atoms with Crippen LogP contribution in [0.5, 0.6) is 0 Å². The summed E-state index contributed by atoms with van der Waals surface area (Å²) in [4.78, 5) is 5.68. The number of anilines is 1. The van der Waals surface area contributed by atoms with Crippen LogP contribution in [0.2, 0.25) is 0 Å². The summed E-state index contributed by atoms with van der Waals surface area (Å²) in [6.07, 6.45) is 0.0553. The third-order valence-electron chi connectivity index (χ3n) is 4.63. The van der Waals surface area contributed by atoms with Crippen molar-refractivity contribution in [1.82, 2.24) is 4.98 Å². The smallest absolute Gasteiger partial charge is 0.239 e. The van der Waals surface area contributed by atoms with Crippen LogP contribution < -0.4 is 5.01 Å². The van der Waals surface area contributed by atoms with E-state index in [2.05, 4.69) is 21.0 Å². The number of aryl methyl sites for hydroxylation is 1.